The number of nitrogens with zero attached hydrogens (tertiary/aromatic N) is 8. The molecule has 4 rings (SSSR count). The maximum Gasteiger partial charge on any atom is 0.332 e. The molecule has 0 aliphatic carbocycles. The van der Waals surface area contributed by atoms with E-state index in [0.29, 0.717) is 35.4 Å². The van der Waals surface area contributed by atoms with E-state index in [2.05, 4.69) is 9.97 Å². The fraction of sp³-hybridized carbons (Fsp3) is 0.500. The van der Waals surface area contributed by atoms with E-state index >= 15 is 0 Å². The molecule has 0 saturated heterocycles. The van der Waals surface area contributed by atoms with E-state index in [1.54, 1.807) is 26.7 Å². The van der Waals surface area contributed by atoms with Gasteiger partial charge in [-0.1, -0.05) is 12.8 Å². The van der Waals surface area contributed by atoms with Crippen molar-refractivity contribution in [3.05, 3.63) is 54.3 Å². The highest BCUT2D eigenvalue weighted by Crippen LogP contribution is 2.11. The Hall–Kier alpha value is -3.70. The van der Waals surface area contributed by atoms with Crippen LogP contribution in [-0.4, -0.2) is 37.4 Å². The number of aromatic nitrogens is 8. The molecule has 0 unspecified atom stereocenters. The van der Waals surface area contributed by atoms with Crippen LogP contribution in [0.15, 0.2) is 31.8 Å². The molecule has 0 bridgehead atoms. The summed E-state index contributed by atoms with van der Waals surface area (Å²) >= 11 is 0. The fourth-order valence-corrected chi connectivity index (χ4v) is 4.12. The van der Waals surface area contributed by atoms with Crippen LogP contribution in [0.2, 0.25) is 0 Å². The zero-order chi connectivity index (χ0) is 23.2. The van der Waals surface area contributed by atoms with E-state index in [1.165, 1.54) is 23.2 Å². The van der Waals surface area contributed by atoms with Gasteiger partial charge in [0.1, 0.15) is 11.3 Å². The maximum absolute atomic E-state index is 12.2. The molecule has 32 heavy (non-hydrogen) atoms. The zero-order valence-corrected chi connectivity index (χ0v) is 18.6. The molecule has 170 valence electrons. The average Bonchev–Trinajstić information content (AvgIpc) is 3.40. The van der Waals surface area contributed by atoms with E-state index < -0.39 is 11.1 Å². The van der Waals surface area contributed by atoms with Crippen molar-refractivity contribution in [1.29, 1.82) is 0 Å². The minimum absolute atomic E-state index is 0.290. The molecule has 4 heterocycles. The van der Waals surface area contributed by atoms with Gasteiger partial charge < -0.3 is 9.13 Å². The normalized spacial score (nSPS) is 11.8. The molecule has 0 aromatic carbocycles. The van der Waals surface area contributed by atoms with E-state index in [-0.39, 0.29) is 11.4 Å². The van der Waals surface area contributed by atoms with Crippen molar-refractivity contribution in [3.8, 4) is 0 Å². The first-order chi connectivity index (χ1) is 15.2. The Bertz CT molecular complexity index is 1440. The second kappa shape index (κ2) is 8.09. The van der Waals surface area contributed by atoms with Gasteiger partial charge in [-0.3, -0.25) is 27.9 Å². The number of hydrogen-bond acceptors (Lipinski definition) is 6. The van der Waals surface area contributed by atoms with Crippen LogP contribution >= 0.6 is 0 Å². The van der Waals surface area contributed by atoms with Crippen LogP contribution in [0.1, 0.15) is 25.7 Å². The van der Waals surface area contributed by atoms with Gasteiger partial charge in [0.25, 0.3) is 11.1 Å². The summed E-state index contributed by atoms with van der Waals surface area (Å²) < 4.78 is 8.70. The summed E-state index contributed by atoms with van der Waals surface area (Å²) in [5.74, 6) is 0. The number of unbranched alkanes of at least 4 members (excludes halogenated alkanes) is 3. The lowest BCUT2D eigenvalue weighted by atomic mass is 10.2. The van der Waals surface area contributed by atoms with Crippen molar-refractivity contribution in [3.63, 3.8) is 0 Å². The molecule has 0 spiro atoms. The molecule has 0 fully saturated rings. The summed E-state index contributed by atoms with van der Waals surface area (Å²) in [5, 5.41) is 0. The molecule has 0 radical (unpaired) electrons. The van der Waals surface area contributed by atoms with Gasteiger partial charge in [-0.05, 0) is 12.8 Å². The topological polar surface area (TPSA) is 124 Å². The molecule has 0 N–H and O–H groups in total. The van der Waals surface area contributed by atoms with Crippen molar-refractivity contribution in [2.24, 2.45) is 28.2 Å². The van der Waals surface area contributed by atoms with Gasteiger partial charge in [0, 0.05) is 41.3 Å². The summed E-state index contributed by atoms with van der Waals surface area (Å²) in [6.45, 7) is 1.30. The second-order valence-corrected chi connectivity index (χ2v) is 8.05. The molecule has 4 aromatic heterocycles. The SMILES string of the molecule is Cn1c(=O)c2ncn(CCCCCCn3cnc4c(=O)n(C)c(=O)n(C)c43)c2n(C)c1=O. The first-order valence-corrected chi connectivity index (χ1v) is 10.5. The molecule has 12 nitrogen and oxygen atoms in total. The summed E-state index contributed by atoms with van der Waals surface area (Å²) in [4.78, 5) is 57.3. The second-order valence-electron chi connectivity index (χ2n) is 8.05. The third kappa shape index (κ3) is 3.31. The Morgan fingerprint density at radius 3 is 1.34 bits per heavy atom. The molecule has 4 aromatic rings. The third-order valence-electron chi connectivity index (χ3n) is 5.97. The number of imidazole rings is 2. The van der Waals surface area contributed by atoms with Crippen molar-refractivity contribution in [2.45, 2.75) is 38.8 Å². The third-order valence-corrected chi connectivity index (χ3v) is 5.97. The molecular formula is C20H26N8O4. The summed E-state index contributed by atoms with van der Waals surface area (Å²) in [5.41, 5.74) is 0.118. The van der Waals surface area contributed by atoms with Gasteiger partial charge in [0.05, 0.1) is 12.7 Å². The van der Waals surface area contributed by atoms with Crippen molar-refractivity contribution < 1.29 is 0 Å². The van der Waals surface area contributed by atoms with Gasteiger partial charge in [-0.15, -0.1) is 0 Å². The van der Waals surface area contributed by atoms with Crippen LogP contribution in [-0.2, 0) is 41.3 Å². The summed E-state index contributed by atoms with van der Waals surface area (Å²) in [6, 6.07) is 0. The molecule has 0 atom stereocenters. The monoisotopic (exact) mass is 442 g/mol. The number of fused-ring (bicyclic) bond motifs is 2. The summed E-state index contributed by atoms with van der Waals surface area (Å²) in [7, 11) is 6.17. The standard InChI is InChI=1S/C20H26N8O4/c1-23-15-13(17(29)25(3)19(23)31)21-11-27(15)9-7-5-6-8-10-28-12-22-14-16(28)24(2)20(32)26(4)18(14)30/h11-12H,5-10H2,1-4H3. The molecule has 0 amide bonds. The maximum atomic E-state index is 12.2. The molecule has 12 heteroatoms. The Morgan fingerprint density at radius 1 is 0.594 bits per heavy atom. The average molecular weight is 442 g/mol. The van der Waals surface area contributed by atoms with Gasteiger partial charge in [-0.25, -0.2) is 19.6 Å². The Labute approximate surface area is 181 Å². The minimum Gasteiger partial charge on any atom is -0.316 e. The minimum atomic E-state index is -0.390. The Balaban J connectivity index is 1.39. The van der Waals surface area contributed by atoms with Crippen LogP contribution in [0.5, 0.6) is 0 Å². The van der Waals surface area contributed by atoms with Crippen molar-refractivity contribution in [2.75, 3.05) is 0 Å². The van der Waals surface area contributed by atoms with Crippen LogP contribution in [0.25, 0.3) is 22.3 Å². The van der Waals surface area contributed by atoms with Crippen molar-refractivity contribution in [1.82, 2.24) is 37.4 Å². The first kappa shape index (κ1) is 21.5. The van der Waals surface area contributed by atoms with Gasteiger partial charge in [0.2, 0.25) is 0 Å². The molecule has 0 saturated carbocycles. The summed E-state index contributed by atoms with van der Waals surface area (Å²) in [6.07, 6.45) is 6.79. The molecule has 0 aliphatic heterocycles. The molecular weight excluding hydrogens is 416 g/mol. The van der Waals surface area contributed by atoms with Crippen LogP contribution in [0.3, 0.4) is 0 Å². The highest BCUT2D eigenvalue weighted by atomic mass is 16.2. The first-order valence-electron chi connectivity index (χ1n) is 10.5. The predicted molar refractivity (Wildman–Crippen MR) is 119 cm³/mol. The Morgan fingerprint density at radius 2 is 0.969 bits per heavy atom. The quantitative estimate of drug-likeness (QED) is 0.354. The van der Waals surface area contributed by atoms with Gasteiger partial charge in [-0.2, -0.15) is 0 Å². The van der Waals surface area contributed by atoms with E-state index in [1.807, 2.05) is 9.13 Å². The lowest BCUT2D eigenvalue weighted by molar-refractivity contribution is 0.540. The van der Waals surface area contributed by atoms with Gasteiger partial charge >= 0.3 is 11.4 Å². The number of hydrogen-bond donors (Lipinski definition) is 0. The van der Waals surface area contributed by atoms with Crippen LogP contribution < -0.4 is 22.5 Å². The number of aryl methyl sites for hydroxylation is 4. The highest BCUT2D eigenvalue weighted by Gasteiger charge is 2.15. The largest absolute Gasteiger partial charge is 0.332 e. The lowest BCUT2D eigenvalue weighted by Crippen LogP contribution is -2.37. The Kier molecular flexibility index (Phi) is 5.45. The van der Waals surface area contributed by atoms with E-state index in [0.717, 1.165) is 34.8 Å². The van der Waals surface area contributed by atoms with E-state index in [9.17, 15) is 19.2 Å². The van der Waals surface area contributed by atoms with Crippen LogP contribution in [0, 0.1) is 0 Å². The number of rotatable bonds is 7. The highest BCUT2D eigenvalue weighted by molar-refractivity contribution is 5.70. The smallest absolute Gasteiger partial charge is 0.316 e. The van der Waals surface area contributed by atoms with Gasteiger partial charge in [0.15, 0.2) is 11.0 Å². The zero-order valence-electron chi connectivity index (χ0n) is 18.6. The van der Waals surface area contributed by atoms with E-state index in [4.69, 9.17) is 0 Å². The molecule has 0 aliphatic rings. The lowest BCUT2D eigenvalue weighted by Gasteiger charge is -2.10. The van der Waals surface area contributed by atoms with Crippen molar-refractivity contribution >= 4 is 22.3 Å². The predicted octanol–water partition coefficient (Wildman–Crippen LogP) is -0.559. The van der Waals surface area contributed by atoms with Crippen LogP contribution in [0.4, 0.5) is 0 Å². The fourth-order valence-electron chi connectivity index (χ4n) is 4.12.